The summed E-state index contributed by atoms with van der Waals surface area (Å²) < 4.78 is 4.43. The van der Waals surface area contributed by atoms with Gasteiger partial charge < -0.3 is 0 Å². The first-order chi connectivity index (χ1) is 6.61. The number of rotatable bonds is 2. The summed E-state index contributed by atoms with van der Waals surface area (Å²) in [5.41, 5.74) is 2.64. The van der Waals surface area contributed by atoms with E-state index in [-0.39, 0.29) is 0 Å². The Morgan fingerprint density at radius 3 is 2.64 bits per heavy atom. The average molecular weight is 192 g/mol. The van der Waals surface area contributed by atoms with Crippen LogP contribution in [0, 0.1) is 0 Å². The summed E-state index contributed by atoms with van der Waals surface area (Å²) in [5, 5.41) is 4.42. The van der Waals surface area contributed by atoms with E-state index in [1.54, 1.807) is 0 Å². The predicted octanol–water partition coefficient (Wildman–Crippen LogP) is 2.14. The minimum Gasteiger partial charge on any atom is -0.260 e. The molecule has 0 bridgehead atoms. The number of aromatic nitrogens is 2. The lowest BCUT2D eigenvalue weighted by Gasteiger charge is -2.06. The molecule has 0 saturated carbocycles. The van der Waals surface area contributed by atoms with E-state index in [1.807, 2.05) is 6.20 Å². The van der Waals surface area contributed by atoms with Gasteiger partial charge in [0.2, 0.25) is 5.69 Å². The molecule has 0 amide bonds. The maximum atomic E-state index is 4.42. The predicted molar refractivity (Wildman–Crippen MR) is 57.4 cm³/mol. The van der Waals surface area contributed by atoms with Crippen molar-refractivity contribution in [1.29, 1.82) is 0 Å². The Morgan fingerprint density at radius 2 is 2.07 bits per heavy atom. The van der Waals surface area contributed by atoms with Gasteiger partial charge in [0.05, 0.1) is 6.42 Å². The Hall–Kier alpha value is -1.12. The average Bonchev–Trinajstić information content (AvgIpc) is 2.59. The Morgan fingerprint density at radius 1 is 1.36 bits per heavy atom. The summed E-state index contributed by atoms with van der Waals surface area (Å²) in [6, 6.07) is 0.986. The largest absolute Gasteiger partial charge is 0.260 e. The van der Waals surface area contributed by atoms with Crippen LogP contribution < -0.4 is 0 Å². The molecule has 1 aromatic rings. The molecule has 0 fully saturated rings. The monoisotopic (exact) mass is 192 g/mol. The third-order valence-electron chi connectivity index (χ3n) is 2.68. The highest BCUT2D eigenvalue weighted by Crippen LogP contribution is 2.26. The van der Waals surface area contributed by atoms with Crippen molar-refractivity contribution in [1.82, 2.24) is 9.78 Å². The first-order valence-corrected chi connectivity index (χ1v) is 5.29. The molecule has 0 unspecified atom stereocenters. The van der Waals surface area contributed by atoms with Crippen molar-refractivity contribution in [2.75, 3.05) is 0 Å². The van der Waals surface area contributed by atoms with Crippen LogP contribution in [0.2, 0.25) is 0 Å². The molecule has 0 radical (unpaired) electrons. The van der Waals surface area contributed by atoms with Crippen LogP contribution >= 0.6 is 0 Å². The van der Waals surface area contributed by atoms with Gasteiger partial charge in [-0.1, -0.05) is 0 Å². The second-order valence-electron chi connectivity index (χ2n) is 4.40. The standard InChI is InChI=1S/C11H18N3/c1-8(2)13-6-5-10-11(13)7-12-14(10)9(3)4/h6-9H,5H2,1-4H3/q+1. The summed E-state index contributed by atoms with van der Waals surface area (Å²) in [6.07, 6.45) is 5.26. The van der Waals surface area contributed by atoms with Gasteiger partial charge in [0.15, 0.2) is 12.3 Å². The molecule has 76 valence electrons. The second-order valence-corrected chi connectivity index (χ2v) is 4.40. The number of hydrogen-bond donors (Lipinski definition) is 0. The number of nitrogens with zero attached hydrogens (tertiary/aromatic N) is 3. The summed E-state index contributed by atoms with van der Waals surface area (Å²) in [4.78, 5) is 0. The van der Waals surface area contributed by atoms with Crippen molar-refractivity contribution >= 4 is 11.9 Å². The van der Waals surface area contributed by atoms with Crippen LogP contribution in [0.4, 0.5) is 5.69 Å². The van der Waals surface area contributed by atoms with Gasteiger partial charge in [-0.2, -0.15) is 9.67 Å². The zero-order chi connectivity index (χ0) is 10.3. The lowest BCUT2D eigenvalue weighted by Crippen LogP contribution is -2.12. The molecule has 0 saturated heterocycles. The molecule has 0 aliphatic carbocycles. The van der Waals surface area contributed by atoms with E-state index in [1.165, 1.54) is 11.4 Å². The second kappa shape index (κ2) is 3.23. The van der Waals surface area contributed by atoms with Crippen molar-refractivity contribution in [2.45, 2.75) is 46.2 Å². The van der Waals surface area contributed by atoms with Crippen LogP contribution in [0.25, 0.3) is 0 Å². The van der Waals surface area contributed by atoms with E-state index in [0.29, 0.717) is 12.1 Å². The molecule has 14 heavy (non-hydrogen) atoms. The van der Waals surface area contributed by atoms with Crippen LogP contribution in [0.5, 0.6) is 0 Å². The zero-order valence-electron chi connectivity index (χ0n) is 9.36. The molecule has 3 heteroatoms. The molecule has 1 aliphatic rings. The van der Waals surface area contributed by atoms with E-state index < -0.39 is 0 Å². The van der Waals surface area contributed by atoms with Crippen molar-refractivity contribution < 1.29 is 4.58 Å². The van der Waals surface area contributed by atoms with E-state index in [2.05, 4.69) is 48.3 Å². The molecule has 1 aliphatic heterocycles. The molecule has 0 aromatic carbocycles. The lowest BCUT2D eigenvalue weighted by molar-refractivity contribution is -0.468. The fraction of sp³-hybridized carbons (Fsp3) is 0.636. The third kappa shape index (κ3) is 1.27. The Bertz CT molecular complexity index is 372. The van der Waals surface area contributed by atoms with Gasteiger partial charge in [0.25, 0.3) is 0 Å². The van der Waals surface area contributed by atoms with E-state index in [4.69, 9.17) is 0 Å². The summed E-state index contributed by atoms with van der Waals surface area (Å²) >= 11 is 0. The molecule has 2 heterocycles. The molecule has 3 nitrogen and oxygen atoms in total. The van der Waals surface area contributed by atoms with Crippen LogP contribution in [0.15, 0.2) is 6.20 Å². The van der Waals surface area contributed by atoms with E-state index in [0.717, 1.165) is 6.42 Å². The van der Waals surface area contributed by atoms with Gasteiger partial charge in [0, 0.05) is 6.04 Å². The highest BCUT2D eigenvalue weighted by Gasteiger charge is 2.29. The summed E-state index contributed by atoms with van der Waals surface area (Å²) in [5.74, 6) is 0. The van der Waals surface area contributed by atoms with Gasteiger partial charge in [-0.05, 0) is 27.7 Å². The quantitative estimate of drug-likeness (QED) is 0.658. The molecule has 0 N–H and O–H groups in total. The van der Waals surface area contributed by atoms with Gasteiger partial charge in [-0.15, -0.1) is 0 Å². The van der Waals surface area contributed by atoms with Gasteiger partial charge >= 0.3 is 0 Å². The molecular weight excluding hydrogens is 174 g/mol. The zero-order valence-corrected chi connectivity index (χ0v) is 9.36. The number of fused-ring (bicyclic) bond motifs is 1. The summed E-state index contributed by atoms with van der Waals surface area (Å²) in [6.45, 7) is 8.76. The molecule has 0 spiro atoms. The van der Waals surface area contributed by atoms with E-state index >= 15 is 0 Å². The third-order valence-corrected chi connectivity index (χ3v) is 2.68. The minimum absolute atomic E-state index is 0.458. The van der Waals surface area contributed by atoms with Crippen LogP contribution in [0.3, 0.4) is 0 Å². The van der Waals surface area contributed by atoms with Crippen molar-refractivity contribution in [3.05, 3.63) is 11.9 Å². The Kier molecular flexibility index (Phi) is 2.17. The van der Waals surface area contributed by atoms with Crippen molar-refractivity contribution in [3.63, 3.8) is 0 Å². The SMILES string of the molecule is CC(C)n1ncc2c1CC=[N+]2C(C)C. The van der Waals surface area contributed by atoms with Gasteiger partial charge in [-0.25, -0.2) is 0 Å². The van der Waals surface area contributed by atoms with Crippen LogP contribution in [0.1, 0.15) is 39.4 Å². The lowest BCUT2D eigenvalue weighted by atomic mass is 10.3. The molecule has 2 rings (SSSR count). The molecular formula is C11H18N3+. The Labute approximate surface area is 85.1 Å². The minimum atomic E-state index is 0.458. The fourth-order valence-corrected chi connectivity index (χ4v) is 2.01. The highest BCUT2D eigenvalue weighted by atomic mass is 15.3. The fourth-order valence-electron chi connectivity index (χ4n) is 2.01. The first kappa shape index (κ1) is 9.44. The number of hydrogen-bond acceptors (Lipinski definition) is 1. The van der Waals surface area contributed by atoms with E-state index in [9.17, 15) is 0 Å². The van der Waals surface area contributed by atoms with Crippen molar-refractivity contribution in [3.8, 4) is 0 Å². The smallest absolute Gasteiger partial charge is 0.247 e. The van der Waals surface area contributed by atoms with Crippen LogP contribution in [-0.4, -0.2) is 26.6 Å². The summed E-state index contributed by atoms with van der Waals surface area (Å²) in [7, 11) is 0. The van der Waals surface area contributed by atoms with Crippen molar-refractivity contribution in [2.24, 2.45) is 0 Å². The maximum Gasteiger partial charge on any atom is 0.247 e. The van der Waals surface area contributed by atoms with Gasteiger partial charge in [0.1, 0.15) is 11.9 Å². The van der Waals surface area contributed by atoms with Crippen LogP contribution in [-0.2, 0) is 6.42 Å². The van der Waals surface area contributed by atoms with Gasteiger partial charge in [-0.3, -0.25) is 4.68 Å². The molecule has 1 aromatic heterocycles. The maximum absolute atomic E-state index is 4.42. The first-order valence-electron chi connectivity index (χ1n) is 5.29. The highest BCUT2D eigenvalue weighted by molar-refractivity contribution is 5.65. The topological polar surface area (TPSA) is 20.8 Å². The molecule has 0 atom stereocenters. The Balaban J connectivity index is 2.40. The normalized spacial score (nSPS) is 15.1.